The molecule has 2 aromatic carbocycles. The lowest BCUT2D eigenvalue weighted by atomic mass is 10.1. The fourth-order valence-corrected chi connectivity index (χ4v) is 4.48. The monoisotopic (exact) mass is 435 g/mol. The highest BCUT2D eigenvalue weighted by atomic mass is 16.2. The molecular weight excluding hydrogens is 402 g/mol. The average molecular weight is 436 g/mol. The molecule has 0 spiro atoms. The third kappa shape index (κ3) is 4.95. The van der Waals surface area contributed by atoms with Crippen molar-refractivity contribution >= 4 is 16.9 Å². The number of piperazine rings is 1. The molecular formula is C25H33N5O2. The molecule has 0 aliphatic carbocycles. The van der Waals surface area contributed by atoms with E-state index in [4.69, 9.17) is 0 Å². The number of carbonyl (C=O) groups excluding carboxylic acids is 1. The van der Waals surface area contributed by atoms with Crippen molar-refractivity contribution < 1.29 is 4.79 Å². The number of carbonyl (C=O) groups is 1. The summed E-state index contributed by atoms with van der Waals surface area (Å²) in [5.41, 5.74) is 2.85. The smallest absolute Gasteiger partial charge is 0.329 e. The molecule has 0 bridgehead atoms. The fraction of sp³-hybridized carbons (Fsp3) is 0.440. The first kappa shape index (κ1) is 22.3. The predicted octanol–water partition coefficient (Wildman–Crippen LogP) is 2.32. The minimum absolute atomic E-state index is 0.0341. The lowest BCUT2D eigenvalue weighted by Crippen LogP contribution is -2.47. The number of nitrogens with one attached hydrogen (secondary N) is 1. The van der Waals surface area contributed by atoms with Gasteiger partial charge in [0.05, 0.1) is 17.1 Å². The SMILES string of the molecule is CCn1c(=O)n(CCC(=O)NC(CN2CCN(C)CC2)c2ccccc2)c2ccccc21. The first-order chi connectivity index (χ1) is 15.6. The van der Waals surface area contributed by atoms with Gasteiger partial charge < -0.3 is 10.2 Å². The molecule has 1 amide bonds. The molecule has 3 aromatic rings. The number of hydrogen-bond donors (Lipinski definition) is 1. The Kier molecular flexibility index (Phi) is 7.07. The molecule has 1 aromatic heterocycles. The number of likely N-dealkylation sites (N-methyl/N-ethyl adjacent to an activating group) is 1. The van der Waals surface area contributed by atoms with Gasteiger partial charge in [0.25, 0.3) is 0 Å². The van der Waals surface area contributed by atoms with Gasteiger partial charge in [-0.2, -0.15) is 0 Å². The van der Waals surface area contributed by atoms with E-state index >= 15 is 0 Å². The van der Waals surface area contributed by atoms with Crippen molar-refractivity contribution in [2.75, 3.05) is 39.8 Å². The van der Waals surface area contributed by atoms with Crippen molar-refractivity contribution in [1.29, 1.82) is 0 Å². The normalized spacial score (nSPS) is 16.3. The van der Waals surface area contributed by atoms with Crippen LogP contribution in [0, 0.1) is 0 Å². The molecule has 7 nitrogen and oxygen atoms in total. The maximum absolute atomic E-state index is 13.0. The molecule has 1 unspecified atom stereocenters. The minimum Gasteiger partial charge on any atom is -0.348 e. The Labute approximate surface area is 189 Å². The summed E-state index contributed by atoms with van der Waals surface area (Å²) in [5, 5.41) is 3.23. The maximum Gasteiger partial charge on any atom is 0.329 e. The number of aromatic nitrogens is 2. The van der Waals surface area contributed by atoms with E-state index in [9.17, 15) is 9.59 Å². The van der Waals surface area contributed by atoms with Crippen LogP contribution in [0.15, 0.2) is 59.4 Å². The van der Waals surface area contributed by atoms with E-state index < -0.39 is 0 Å². The van der Waals surface area contributed by atoms with Crippen LogP contribution in [-0.2, 0) is 17.9 Å². The summed E-state index contributed by atoms with van der Waals surface area (Å²) < 4.78 is 3.48. The van der Waals surface area contributed by atoms with Crippen molar-refractivity contribution in [3.63, 3.8) is 0 Å². The second kappa shape index (κ2) is 10.1. The summed E-state index contributed by atoms with van der Waals surface area (Å²) in [7, 11) is 2.14. The molecule has 0 radical (unpaired) electrons. The first-order valence-electron chi connectivity index (χ1n) is 11.5. The topological polar surface area (TPSA) is 62.5 Å². The van der Waals surface area contributed by atoms with E-state index in [2.05, 4.69) is 34.3 Å². The van der Waals surface area contributed by atoms with Crippen LogP contribution in [0.5, 0.6) is 0 Å². The lowest BCUT2D eigenvalue weighted by Gasteiger charge is -2.35. The van der Waals surface area contributed by atoms with Gasteiger partial charge in [-0.3, -0.25) is 18.8 Å². The highest BCUT2D eigenvalue weighted by molar-refractivity contribution is 5.78. The summed E-state index contributed by atoms with van der Waals surface area (Å²) in [6.45, 7) is 7.82. The van der Waals surface area contributed by atoms with E-state index in [0.29, 0.717) is 13.1 Å². The molecule has 1 aliphatic heterocycles. The molecule has 170 valence electrons. The predicted molar refractivity (Wildman–Crippen MR) is 128 cm³/mol. The zero-order valence-electron chi connectivity index (χ0n) is 19.0. The zero-order chi connectivity index (χ0) is 22.5. The third-order valence-corrected chi connectivity index (χ3v) is 6.38. The number of nitrogens with zero attached hydrogens (tertiary/aromatic N) is 4. The lowest BCUT2D eigenvalue weighted by molar-refractivity contribution is -0.122. The molecule has 32 heavy (non-hydrogen) atoms. The van der Waals surface area contributed by atoms with Crippen LogP contribution in [0.2, 0.25) is 0 Å². The van der Waals surface area contributed by atoms with Gasteiger partial charge in [0.1, 0.15) is 0 Å². The Hall–Kier alpha value is -2.90. The molecule has 4 rings (SSSR count). The molecule has 0 saturated carbocycles. The molecule has 1 saturated heterocycles. The summed E-state index contributed by atoms with van der Waals surface area (Å²) in [4.78, 5) is 30.6. The van der Waals surface area contributed by atoms with Crippen molar-refractivity contribution in [3.05, 3.63) is 70.6 Å². The van der Waals surface area contributed by atoms with Crippen LogP contribution in [0.3, 0.4) is 0 Å². The number of rotatable bonds is 8. The van der Waals surface area contributed by atoms with Gasteiger partial charge in [0.2, 0.25) is 5.91 Å². The van der Waals surface area contributed by atoms with Gasteiger partial charge in [-0.15, -0.1) is 0 Å². The second-order valence-corrected chi connectivity index (χ2v) is 8.55. The molecule has 7 heteroatoms. The number of para-hydroxylation sites is 2. The quantitative estimate of drug-likeness (QED) is 0.590. The third-order valence-electron chi connectivity index (χ3n) is 6.38. The van der Waals surface area contributed by atoms with Gasteiger partial charge in [-0.25, -0.2) is 4.79 Å². The Morgan fingerprint density at radius 1 is 0.938 bits per heavy atom. The van der Waals surface area contributed by atoms with E-state index in [1.54, 1.807) is 9.13 Å². The van der Waals surface area contributed by atoms with Gasteiger partial charge in [0.15, 0.2) is 0 Å². The van der Waals surface area contributed by atoms with Crippen molar-refractivity contribution in [2.45, 2.75) is 32.5 Å². The van der Waals surface area contributed by atoms with Gasteiger partial charge in [-0.1, -0.05) is 42.5 Å². The molecule has 2 heterocycles. The van der Waals surface area contributed by atoms with E-state index in [1.165, 1.54) is 0 Å². The Bertz CT molecular complexity index is 1100. The standard InChI is InChI=1S/C25H33N5O2/c1-3-29-22-11-7-8-12-23(22)30(25(29)32)14-13-24(31)26-21(20-9-5-4-6-10-20)19-28-17-15-27(2)16-18-28/h4-12,21H,3,13-19H2,1-2H3,(H,26,31). The van der Waals surface area contributed by atoms with Gasteiger partial charge in [0, 0.05) is 52.2 Å². The van der Waals surface area contributed by atoms with E-state index in [1.807, 2.05) is 49.4 Å². The summed E-state index contributed by atoms with van der Waals surface area (Å²) in [6, 6.07) is 17.9. The van der Waals surface area contributed by atoms with Crippen molar-refractivity contribution in [3.8, 4) is 0 Å². The molecule has 1 aliphatic rings. The second-order valence-electron chi connectivity index (χ2n) is 8.55. The largest absolute Gasteiger partial charge is 0.348 e. The van der Waals surface area contributed by atoms with Crippen LogP contribution in [-0.4, -0.2) is 64.6 Å². The first-order valence-corrected chi connectivity index (χ1v) is 11.5. The number of amides is 1. The van der Waals surface area contributed by atoms with E-state index in [0.717, 1.165) is 49.3 Å². The number of fused-ring (bicyclic) bond motifs is 1. The summed E-state index contributed by atoms with van der Waals surface area (Å²) >= 11 is 0. The highest BCUT2D eigenvalue weighted by Crippen LogP contribution is 2.17. The van der Waals surface area contributed by atoms with E-state index in [-0.39, 0.29) is 24.1 Å². The number of benzene rings is 2. The Morgan fingerprint density at radius 2 is 1.56 bits per heavy atom. The average Bonchev–Trinajstić information content (AvgIpc) is 3.09. The van der Waals surface area contributed by atoms with Gasteiger partial charge in [-0.05, 0) is 31.7 Å². The minimum atomic E-state index is -0.0687. The van der Waals surface area contributed by atoms with Crippen molar-refractivity contribution in [1.82, 2.24) is 24.3 Å². The van der Waals surface area contributed by atoms with Crippen LogP contribution < -0.4 is 11.0 Å². The molecule has 1 fully saturated rings. The van der Waals surface area contributed by atoms with Crippen LogP contribution in [0.4, 0.5) is 0 Å². The highest BCUT2D eigenvalue weighted by Gasteiger charge is 2.21. The maximum atomic E-state index is 13.0. The zero-order valence-corrected chi connectivity index (χ0v) is 19.0. The number of imidazole rings is 1. The number of aryl methyl sites for hydroxylation is 2. The number of hydrogen-bond acceptors (Lipinski definition) is 4. The summed E-state index contributed by atoms with van der Waals surface area (Å²) in [6.07, 6.45) is 0.268. The Morgan fingerprint density at radius 3 is 2.22 bits per heavy atom. The van der Waals surface area contributed by atoms with Crippen LogP contribution >= 0.6 is 0 Å². The summed E-state index contributed by atoms with van der Waals surface area (Å²) in [5.74, 6) is -0.0341. The Balaban J connectivity index is 1.45. The van der Waals surface area contributed by atoms with Crippen LogP contribution in [0.1, 0.15) is 24.9 Å². The van der Waals surface area contributed by atoms with Gasteiger partial charge >= 0.3 is 5.69 Å². The van der Waals surface area contributed by atoms with Crippen LogP contribution in [0.25, 0.3) is 11.0 Å². The van der Waals surface area contributed by atoms with Crippen molar-refractivity contribution in [2.24, 2.45) is 0 Å². The molecule has 1 atom stereocenters. The molecule has 1 N–H and O–H groups in total. The fourth-order valence-electron chi connectivity index (χ4n) is 4.48.